The molecule has 1 unspecified atom stereocenters. The second-order valence-corrected chi connectivity index (χ2v) is 3.62. The first-order valence-corrected chi connectivity index (χ1v) is 5.38. The van der Waals surface area contributed by atoms with Gasteiger partial charge in [-0.15, -0.1) is 0 Å². The van der Waals surface area contributed by atoms with E-state index in [0.29, 0.717) is 19.0 Å². The maximum atomic E-state index is 11.6. The zero-order valence-corrected chi connectivity index (χ0v) is 10.1. The van der Waals surface area contributed by atoms with Crippen LogP contribution in [0.5, 0.6) is 0 Å². The molecule has 0 aliphatic rings. The maximum absolute atomic E-state index is 11.6. The van der Waals surface area contributed by atoms with E-state index in [9.17, 15) is 4.79 Å². The molecule has 0 saturated heterocycles. The van der Waals surface area contributed by atoms with Gasteiger partial charge < -0.3 is 21.1 Å². The number of nitrogens with two attached hydrogens (primary N) is 1. The zero-order valence-electron chi connectivity index (χ0n) is 10.1. The molecule has 0 aliphatic carbocycles. The van der Waals surface area contributed by atoms with E-state index in [1.807, 2.05) is 0 Å². The summed E-state index contributed by atoms with van der Waals surface area (Å²) in [4.78, 5) is 15.5. The van der Waals surface area contributed by atoms with Gasteiger partial charge in [-0.3, -0.25) is 4.79 Å². The van der Waals surface area contributed by atoms with E-state index in [2.05, 4.69) is 15.6 Å². The van der Waals surface area contributed by atoms with Gasteiger partial charge >= 0.3 is 0 Å². The first-order chi connectivity index (χ1) is 8.13. The fourth-order valence-corrected chi connectivity index (χ4v) is 1.24. The summed E-state index contributed by atoms with van der Waals surface area (Å²) in [5, 5.41) is 5.77. The molecule has 6 heteroatoms. The lowest BCUT2D eigenvalue weighted by molar-refractivity contribution is -0.121. The van der Waals surface area contributed by atoms with Crippen molar-refractivity contribution in [3.63, 3.8) is 0 Å². The van der Waals surface area contributed by atoms with Crippen LogP contribution in [0.15, 0.2) is 18.3 Å². The van der Waals surface area contributed by atoms with Crippen LogP contribution in [0.4, 0.5) is 11.5 Å². The summed E-state index contributed by atoms with van der Waals surface area (Å²) in [5.74, 6) is 0.367. The Kier molecular flexibility index (Phi) is 5.22. The molecule has 0 fully saturated rings. The highest BCUT2D eigenvalue weighted by molar-refractivity contribution is 5.84. The number of ether oxygens (including phenoxy) is 1. The number of pyridine rings is 1. The van der Waals surface area contributed by atoms with Crippen LogP contribution in [-0.2, 0) is 9.53 Å². The second-order valence-electron chi connectivity index (χ2n) is 3.62. The number of amides is 1. The molecule has 1 aromatic rings. The Morgan fingerprint density at radius 3 is 2.94 bits per heavy atom. The summed E-state index contributed by atoms with van der Waals surface area (Å²) in [5.41, 5.74) is 6.22. The molecule has 17 heavy (non-hydrogen) atoms. The van der Waals surface area contributed by atoms with Crippen LogP contribution in [0.1, 0.15) is 6.92 Å². The van der Waals surface area contributed by atoms with E-state index >= 15 is 0 Å². The molecular weight excluding hydrogens is 220 g/mol. The Balaban J connectivity index is 2.40. The van der Waals surface area contributed by atoms with Crippen LogP contribution in [-0.4, -0.2) is 37.2 Å². The largest absolute Gasteiger partial charge is 0.384 e. The predicted molar refractivity (Wildman–Crippen MR) is 66.6 cm³/mol. The number of rotatable bonds is 6. The van der Waals surface area contributed by atoms with E-state index in [4.69, 9.17) is 10.5 Å². The number of nitrogens with zero attached hydrogens (tertiary/aromatic N) is 1. The van der Waals surface area contributed by atoms with Crippen LogP contribution in [0.3, 0.4) is 0 Å². The Morgan fingerprint density at radius 1 is 1.59 bits per heavy atom. The summed E-state index contributed by atoms with van der Waals surface area (Å²) >= 11 is 0. The van der Waals surface area contributed by atoms with Gasteiger partial charge in [-0.2, -0.15) is 0 Å². The molecule has 94 valence electrons. The molecule has 1 aromatic heterocycles. The van der Waals surface area contributed by atoms with Crippen molar-refractivity contribution >= 4 is 17.4 Å². The highest BCUT2D eigenvalue weighted by Crippen LogP contribution is 2.08. The van der Waals surface area contributed by atoms with Gasteiger partial charge in [0.2, 0.25) is 5.91 Å². The van der Waals surface area contributed by atoms with Crippen molar-refractivity contribution in [1.29, 1.82) is 0 Å². The molecule has 1 rings (SSSR count). The molecule has 0 aromatic carbocycles. The van der Waals surface area contributed by atoms with Crippen LogP contribution >= 0.6 is 0 Å². The zero-order chi connectivity index (χ0) is 12.7. The minimum Gasteiger partial charge on any atom is -0.384 e. The van der Waals surface area contributed by atoms with Crippen molar-refractivity contribution in [2.24, 2.45) is 0 Å². The fraction of sp³-hybridized carbons (Fsp3) is 0.455. The summed E-state index contributed by atoms with van der Waals surface area (Å²) in [7, 11) is 1.59. The van der Waals surface area contributed by atoms with Crippen molar-refractivity contribution < 1.29 is 9.53 Å². The third kappa shape index (κ3) is 4.69. The molecule has 0 radical (unpaired) electrons. The summed E-state index contributed by atoms with van der Waals surface area (Å²) < 4.78 is 4.84. The highest BCUT2D eigenvalue weighted by atomic mass is 16.5. The van der Waals surface area contributed by atoms with Crippen LogP contribution in [0.2, 0.25) is 0 Å². The number of methoxy groups -OCH3 is 1. The molecule has 1 atom stereocenters. The van der Waals surface area contributed by atoms with Crippen molar-refractivity contribution in [3.05, 3.63) is 18.3 Å². The Hall–Kier alpha value is -1.82. The molecule has 1 amide bonds. The van der Waals surface area contributed by atoms with E-state index < -0.39 is 0 Å². The molecule has 0 saturated carbocycles. The topological polar surface area (TPSA) is 89.3 Å². The number of aromatic nitrogens is 1. The van der Waals surface area contributed by atoms with Gasteiger partial charge in [-0.25, -0.2) is 4.98 Å². The Morgan fingerprint density at radius 2 is 2.35 bits per heavy atom. The second kappa shape index (κ2) is 6.70. The summed E-state index contributed by atoms with van der Waals surface area (Å²) in [6, 6.07) is 3.12. The summed E-state index contributed by atoms with van der Waals surface area (Å²) in [6.07, 6.45) is 1.59. The van der Waals surface area contributed by atoms with Crippen LogP contribution in [0, 0.1) is 0 Å². The smallest absolute Gasteiger partial charge is 0.242 e. The summed E-state index contributed by atoms with van der Waals surface area (Å²) in [6.45, 7) is 2.78. The Labute approximate surface area is 101 Å². The van der Waals surface area contributed by atoms with Gasteiger partial charge in [0.25, 0.3) is 0 Å². The van der Waals surface area contributed by atoms with Gasteiger partial charge in [0.05, 0.1) is 18.5 Å². The fourth-order valence-electron chi connectivity index (χ4n) is 1.24. The molecule has 4 N–H and O–H groups in total. The SMILES string of the molecule is COCCNC(=O)C(C)Nc1ccc(N)nc1. The minimum absolute atomic E-state index is 0.0844. The average molecular weight is 238 g/mol. The average Bonchev–Trinajstić information content (AvgIpc) is 2.32. The minimum atomic E-state index is -0.336. The van der Waals surface area contributed by atoms with E-state index in [1.54, 1.807) is 32.4 Å². The first kappa shape index (κ1) is 13.2. The molecule has 1 heterocycles. The predicted octanol–water partition coefficient (Wildman–Crippen LogP) is 0.227. The quantitative estimate of drug-likeness (QED) is 0.617. The monoisotopic (exact) mass is 238 g/mol. The lowest BCUT2D eigenvalue weighted by Crippen LogP contribution is -2.39. The van der Waals surface area contributed by atoms with Crippen molar-refractivity contribution in [3.8, 4) is 0 Å². The number of nitrogen functional groups attached to an aromatic ring is 1. The van der Waals surface area contributed by atoms with E-state index in [-0.39, 0.29) is 11.9 Å². The Bertz CT molecular complexity index is 353. The van der Waals surface area contributed by atoms with Crippen LogP contribution < -0.4 is 16.4 Å². The van der Waals surface area contributed by atoms with Crippen molar-refractivity contribution in [2.75, 3.05) is 31.3 Å². The number of carbonyl (C=O) groups excluding carboxylic acids is 1. The van der Waals surface area contributed by atoms with Crippen molar-refractivity contribution in [2.45, 2.75) is 13.0 Å². The number of carbonyl (C=O) groups is 1. The standard InChI is InChI=1S/C11H18N4O2/c1-8(11(16)13-5-6-17-2)15-9-3-4-10(12)14-7-9/h3-4,7-8,15H,5-6H2,1-2H3,(H2,12,14)(H,13,16). The number of anilines is 2. The number of nitrogens with one attached hydrogen (secondary N) is 2. The molecule has 0 spiro atoms. The molecule has 0 aliphatic heterocycles. The lowest BCUT2D eigenvalue weighted by Gasteiger charge is -2.14. The van der Waals surface area contributed by atoms with Gasteiger partial charge in [0.15, 0.2) is 0 Å². The van der Waals surface area contributed by atoms with Gasteiger partial charge in [-0.1, -0.05) is 0 Å². The van der Waals surface area contributed by atoms with Crippen molar-refractivity contribution in [1.82, 2.24) is 10.3 Å². The molecular formula is C11H18N4O2. The number of hydrogen-bond donors (Lipinski definition) is 3. The normalized spacial score (nSPS) is 11.9. The number of hydrogen-bond acceptors (Lipinski definition) is 5. The highest BCUT2D eigenvalue weighted by Gasteiger charge is 2.11. The van der Waals surface area contributed by atoms with Gasteiger partial charge in [0, 0.05) is 13.7 Å². The molecule has 0 bridgehead atoms. The van der Waals surface area contributed by atoms with Crippen LogP contribution in [0.25, 0.3) is 0 Å². The van der Waals surface area contributed by atoms with Gasteiger partial charge in [-0.05, 0) is 19.1 Å². The van der Waals surface area contributed by atoms with E-state index in [0.717, 1.165) is 5.69 Å². The van der Waals surface area contributed by atoms with E-state index in [1.165, 1.54) is 0 Å². The molecule has 6 nitrogen and oxygen atoms in total. The lowest BCUT2D eigenvalue weighted by atomic mass is 10.3. The van der Waals surface area contributed by atoms with Gasteiger partial charge in [0.1, 0.15) is 11.9 Å². The maximum Gasteiger partial charge on any atom is 0.242 e. The first-order valence-electron chi connectivity index (χ1n) is 5.38. The third-order valence-electron chi connectivity index (χ3n) is 2.17. The third-order valence-corrected chi connectivity index (χ3v) is 2.17.